The molecule has 3 rings (SSSR count). The number of aliphatic hydroxyl groups excluding tert-OH is 1. The fourth-order valence-electron chi connectivity index (χ4n) is 3.52. The molecule has 0 unspecified atom stereocenters. The van der Waals surface area contributed by atoms with E-state index in [9.17, 15) is 5.11 Å². The van der Waals surface area contributed by atoms with Crippen LogP contribution < -0.4 is 5.32 Å². The van der Waals surface area contributed by atoms with E-state index in [0.717, 1.165) is 62.2 Å². The van der Waals surface area contributed by atoms with Crippen molar-refractivity contribution < 1.29 is 5.11 Å². The van der Waals surface area contributed by atoms with Gasteiger partial charge in [0.15, 0.2) is 5.96 Å². The molecular weight excluding hydrogens is 382 g/mol. The minimum atomic E-state index is -0.116. The van der Waals surface area contributed by atoms with Gasteiger partial charge >= 0.3 is 0 Å². The molecule has 2 N–H and O–H groups in total. The van der Waals surface area contributed by atoms with Gasteiger partial charge in [0.05, 0.1) is 29.9 Å². The van der Waals surface area contributed by atoms with E-state index in [4.69, 9.17) is 4.99 Å². The number of nitrogens with zero attached hydrogens (tertiary/aromatic N) is 4. The molecule has 0 spiro atoms. The van der Waals surface area contributed by atoms with Crippen LogP contribution in [0.2, 0.25) is 0 Å². The zero-order valence-electron chi connectivity index (χ0n) is 17.8. The van der Waals surface area contributed by atoms with E-state index in [0.29, 0.717) is 6.54 Å². The molecule has 0 aliphatic carbocycles. The first-order chi connectivity index (χ1) is 14.0. The van der Waals surface area contributed by atoms with Crippen molar-refractivity contribution in [3.8, 4) is 0 Å². The van der Waals surface area contributed by atoms with Gasteiger partial charge in [-0.1, -0.05) is 24.3 Å². The van der Waals surface area contributed by atoms with Crippen LogP contribution in [0.15, 0.2) is 34.6 Å². The third-order valence-corrected chi connectivity index (χ3v) is 5.98. The van der Waals surface area contributed by atoms with Crippen LogP contribution in [-0.2, 0) is 19.6 Å². The highest BCUT2D eigenvalue weighted by molar-refractivity contribution is 7.09. The smallest absolute Gasteiger partial charge is 0.194 e. The Morgan fingerprint density at radius 1 is 1.28 bits per heavy atom. The lowest BCUT2D eigenvalue weighted by Crippen LogP contribution is -2.38. The number of aliphatic imine (C=N–C) groups is 1. The Morgan fingerprint density at radius 2 is 1.97 bits per heavy atom. The average Bonchev–Trinajstić information content (AvgIpc) is 3.12. The van der Waals surface area contributed by atoms with E-state index in [1.54, 1.807) is 11.3 Å². The number of hydrogen-bond donors (Lipinski definition) is 2. The highest BCUT2D eigenvalue weighted by Gasteiger charge is 2.16. The summed E-state index contributed by atoms with van der Waals surface area (Å²) in [5, 5.41) is 16.2. The van der Waals surface area contributed by atoms with Crippen LogP contribution in [0.3, 0.4) is 0 Å². The van der Waals surface area contributed by atoms with Crippen LogP contribution in [0.1, 0.15) is 41.6 Å². The molecule has 1 saturated heterocycles. The molecule has 6 nitrogen and oxygen atoms in total. The van der Waals surface area contributed by atoms with Gasteiger partial charge in [0, 0.05) is 38.6 Å². The van der Waals surface area contributed by atoms with Gasteiger partial charge in [-0.15, -0.1) is 11.3 Å². The lowest BCUT2D eigenvalue weighted by atomic mass is 10.1. The summed E-state index contributed by atoms with van der Waals surface area (Å²) in [6.45, 7) is 9.26. The van der Waals surface area contributed by atoms with Gasteiger partial charge in [-0.05, 0) is 37.8 Å². The number of hydrogen-bond acceptors (Lipinski definition) is 5. The molecule has 0 amide bonds. The summed E-state index contributed by atoms with van der Waals surface area (Å²) < 4.78 is 0. The number of aryl methyl sites for hydroxylation is 1. The van der Waals surface area contributed by atoms with Gasteiger partial charge in [-0.25, -0.2) is 9.98 Å². The van der Waals surface area contributed by atoms with Gasteiger partial charge in [0.25, 0.3) is 0 Å². The lowest BCUT2D eigenvalue weighted by molar-refractivity contribution is 0.0792. The highest BCUT2D eigenvalue weighted by atomic mass is 32.1. The van der Waals surface area contributed by atoms with Gasteiger partial charge < -0.3 is 15.3 Å². The normalized spacial score (nSPS) is 16.2. The Labute approximate surface area is 178 Å². The minimum absolute atomic E-state index is 0.116. The monoisotopic (exact) mass is 415 g/mol. The van der Waals surface area contributed by atoms with Crippen molar-refractivity contribution in [3.63, 3.8) is 0 Å². The van der Waals surface area contributed by atoms with Crippen LogP contribution in [0.4, 0.5) is 0 Å². The minimum Gasteiger partial charge on any atom is -0.393 e. The predicted octanol–water partition coefficient (Wildman–Crippen LogP) is 3.01. The summed E-state index contributed by atoms with van der Waals surface area (Å²) in [5.74, 6) is 0.897. The van der Waals surface area contributed by atoms with Crippen molar-refractivity contribution in [2.75, 3.05) is 26.7 Å². The molecule has 1 aromatic carbocycles. The molecule has 1 aromatic heterocycles. The second-order valence-electron chi connectivity index (χ2n) is 7.71. The van der Waals surface area contributed by atoms with Crippen LogP contribution in [0.25, 0.3) is 0 Å². The number of aromatic nitrogens is 1. The van der Waals surface area contributed by atoms with Crippen LogP contribution >= 0.6 is 11.3 Å². The number of guanidine groups is 1. The molecule has 1 fully saturated rings. The third kappa shape index (κ3) is 6.80. The Hall–Kier alpha value is -1.96. The molecule has 7 heteroatoms. The topological polar surface area (TPSA) is 64.0 Å². The fourth-order valence-corrected chi connectivity index (χ4v) is 4.12. The van der Waals surface area contributed by atoms with Gasteiger partial charge in [0.1, 0.15) is 0 Å². The highest BCUT2D eigenvalue weighted by Crippen LogP contribution is 2.15. The molecule has 0 saturated carbocycles. The summed E-state index contributed by atoms with van der Waals surface area (Å²) in [7, 11) is 2.05. The van der Waals surface area contributed by atoms with E-state index < -0.39 is 0 Å². The summed E-state index contributed by atoms with van der Waals surface area (Å²) in [6, 6.07) is 8.74. The van der Waals surface area contributed by atoms with Gasteiger partial charge in [-0.2, -0.15) is 0 Å². The average molecular weight is 416 g/mol. The van der Waals surface area contributed by atoms with Crippen LogP contribution in [0.5, 0.6) is 0 Å². The maximum absolute atomic E-state index is 9.64. The number of likely N-dealkylation sites (tertiary alicyclic amines) is 1. The number of piperidine rings is 1. The van der Waals surface area contributed by atoms with Gasteiger partial charge in [0.2, 0.25) is 0 Å². The first kappa shape index (κ1) is 21.7. The number of rotatable bonds is 7. The van der Waals surface area contributed by atoms with Gasteiger partial charge in [-0.3, -0.25) is 4.90 Å². The summed E-state index contributed by atoms with van der Waals surface area (Å²) in [5.41, 5.74) is 3.60. The van der Waals surface area contributed by atoms with E-state index in [1.807, 2.05) is 6.92 Å². The summed E-state index contributed by atoms with van der Waals surface area (Å²) >= 11 is 1.68. The van der Waals surface area contributed by atoms with E-state index >= 15 is 0 Å². The molecule has 2 heterocycles. The first-order valence-corrected chi connectivity index (χ1v) is 11.3. The van der Waals surface area contributed by atoms with E-state index in [2.05, 4.69) is 63.7 Å². The molecule has 29 heavy (non-hydrogen) atoms. The largest absolute Gasteiger partial charge is 0.393 e. The second kappa shape index (κ2) is 10.7. The molecule has 0 bridgehead atoms. The maximum atomic E-state index is 9.64. The molecule has 0 radical (unpaired) electrons. The SMILES string of the molecule is CCNC(=NCc1ccc(CN2CCC(O)CC2)cc1)N(C)Cc1csc(C)n1. The molecule has 1 aliphatic heterocycles. The zero-order chi connectivity index (χ0) is 20.6. The summed E-state index contributed by atoms with van der Waals surface area (Å²) in [4.78, 5) is 13.9. The van der Waals surface area contributed by atoms with Crippen LogP contribution in [-0.4, -0.2) is 58.6 Å². The Kier molecular flexibility index (Phi) is 8.03. The Balaban J connectivity index is 1.55. The molecular formula is C22H33N5OS. The molecule has 158 valence electrons. The van der Waals surface area contributed by atoms with Crippen molar-refractivity contribution >= 4 is 17.3 Å². The van der Waals surface area contributed by atoms with Crippen molar-refractivity contribution in [1.29, 1.82) is 0 Å². The van der Waals surface area contributed by atoms with E-state index in [-0.39, 0.29) is 6.10 Å². The van der Waals surface area contributed by atoms with Crippen molar-refractivity contribution in [3.05, 3.63) is 51.5 Å². The fraction of sp³-hybridized carbons (Fsp3) is 0.545. The van der Waals surface area contributed by atoms with Crippen molar-refractivity contribution in [2.24, 2.45) is 4.99 Å². The summed E-state index contributed by atoms with van der Waals surface area (Å²) in [6.07, 6.45) is 1.65. The van der Waals surface area contributed by atoms with E-state index in [1.165, 1.54) is 11.1 Å². The molecule has 1 aliphatic rings. The van der Waals surface area contributed by atoms with Crippen molar-refractivity contribution in [2.45, 2.75) is 52.4 Å². The van der Waals surface area contributed by atoms with Crippen molar-refractivity contribution in [1.82, 2.24) is 20.1 Å². The number of benzene rings is 1. The standard InChI is InChI=1S/C22H33N5OS/c1-4-23-22(26(3)15-20-16-29-17(2)25-20)24-13-18-5-7-19(8-6-18)14-27-11-9-21(28)10-12-27/h5-8,16,21,28H,4,9-15H2,1-3H3,(H,23,24). The number of thiazole rings is 1. The third-order valence-electron chi connectivity index (χ3n) is 5.16. The zero-order valence-corrected chi connectivity index (χ0v) is 18.6. The predicted molar refractivity (Wildman–Crippen MR) is 120 cm³/mol. The Bertz CT molecular complexity index is 781. The second-order valence-corrected chi connectivity index (χ2v) is 8.77. The molecule has 2 aromatic rings. The lowest BCUT2D eigenvalue weighted by Gasteiger charge is -2.29. The number of aliphatic hydroxyl groups is 1. The quantitative estimate of drug-likeness (QED) is 0.538. The first-order valence-electron chi connectivity index (χ1n) is 10.4. The van der Waals surface area contributed by atoms with Crippen LogP contribution in [0, 0.1) is 6.92 Å². The molecule has 0 atom stereocenters. The maximum Gasteiger partial charge on any atom is 0.194 e. The Morgan fingerprint density at radius 3 is 2.59 bits per heavy atom. The number of nitrogens with one attached hydrogen (secondary N) is 1.